The van der Waals surface area contributed by atoms with E-state index in [0.29, 0.717) is 29.6 Å². The zero-order valence-corrected chi connectivity index (χ0v) is 14.7. The third-order valence-corrected chi connectivity index (χ3v) is 3.71. The first-order chi connectivity index (χ1) is 10.3. The predicted octanol–water partition coefficient (Wildman–Crippen LogP) is 4.04. The predicted molar refractivity (Wildman–Crippen MR) is 89.8 cm³/mol. The number of carbonyl (C=O) groups excluding carboxylic acids is 1. The Hall–Kier alpha value is -1.71. The van der Waals surface area contributed by atoms with Gasteiger partial charge in [-0.25, -0.2) is 0 Å². The molecule has 1 aromatic rings. The molecule has 1 amide bonds. The van der Waals surface area contributed by atoms with Crippen LogP contribution >= 0.6 is 0 Å². The average Bonchev–Trinajstić information content (AvgIpc) is 2.46. The number of hydrogen-bond donors (Lipinski definition) is 1. The largest absolute Gasteiger partial charge is 0.493 e. The van der Waals surface area contributed by atoms with Crippen LogP contribution in [0.2, 0.25) is 0 Å². The molecule has 0 saturated carbocycles. The van der Waals surface area contributed by atoms with Gasteiger partial charge >= 0.3 is 0 Å². The summed E-state index contributed by atoms with van der Waals surface area (Å²) in [5.41, 5.74) is 0.353. The van der Waals surface area contributed by atoms with E-state index in [0.717, 1.165) is 12.8 Å². The quantitative estimate of drug-likeness (QED) is 0.788. The van der Waals surface area contributed by atoms with Crippen LogP contribution in [0.4, 0.5) is 0 Å². The molecular formula is C18H29NO3. The molecule has 1 aromatic carbocycles. The molecule has 0 aliphatic carbocycles. The second-order valence-electron chi connectivity index (χ2n) is 6.59. The molecule has 0 fully saturated rings. The Morgan fingerprint density at radius 3 is 2.50 bits per heavy atom. The van der Waals surface area contributed by atoms with Gasteiger partial charge in [0.1, 0.15) is 0 Å². The minimum Gasteiger partial charge on any atom is -0.493 e. The van der Waals surface area contributed by atoms with E-state index in [9.17, 15) is 4.79 Å². The maximum Gasteiger partial charge on any atom is 0.251 e. The Kier molecular flexibility index (Phi) is 6.72. The minimum absolute atomic E-state index is 0.0983. The summed E-state index contributed by atoms with van der Waals surface area (Å²) in [4.78, 5) is 12.3. The van der Waals surface area contributed by atoms with Gasteiger partial charge in [0, 0.05) is 11.1 Å². The van der Waals surface area contributed by atoms with Crippen molar-refractivity contribution < 1.29 is 14.3 Å². The maximum atomic E-state index is 12.3. The van der Waals surface area contributed by atoms with Gasteiger partial charge in [0.25, 0.3) is 5.91 Å². The maximum absolute atomic E-state index is 12.3. The Balaban J connectivity index is 2.81. The van der Waals surface area contributed by atoms with E-state index in [2.05, 4.69) is 19.2 Å². The Bertz CT molecular complexity index is 495. The Morgan fingerprint density at radius 2 is 1.95 bits per heavy atom. The highest BCUT2D eigenvalue weighted by atomic mass is 16.5. The van der Waals surface area contributed by atoms with Gasteiger partial charge in [0.15, 0.2) is 11.5 Å². The van der Waals surface area contributed by atoms with Crippen LogP contribution in [0.15, 0.2) is 18.2 Å². The van der Waals surface area contributed by atoms with Crippen molar-refractivity contribution in [3.63, 3.8) is 0 Å². The van der Waals surface area contributed by atoms with E-state index >= 15 is 0 Å². The van der Waals surface area contributed by atoms with Crippen molar-refractivity contribution >= 4 is 5.91 Å². The number of ether oxygens (including phenoxy) is 2. The molecule has 0 spiro atoms. The molecule has 1 N–H and O–H groups in total. The van der Waals surface area contributed by atoms with E-state index in [1.54, 1.807) is 25.3 Å². The summed E-state index contributed by atoms with van der Waals surface area (Å²) < 4.78 is 11.1. The number of methoxy groups -OCH3 is 1. The van der Waals surface area contributed by atoms with Crippen LogP contribution in [-0.2, 0) is 0 Å². The average molecular weight is 307 g/mol. The van der Waals surface area contributed by atoms with Crippen molar-refractivity contribution in [2.24, 2.45) is 5.92 Å². The van der Waals surface area contributed by atoms with Crippen LogP contribution in [0.1, 0.15) is 57.8 Å². The van der Waals surface area contributed by atoms with Crippen molar-refractivity contribution in [1.82, 2.24) is 5.32 Å². The first-order valence-electron chi connectivity index (χ1n) is 7.92. The lowest BCUT2D eigenvalue weighted by molar-refractivity contribution is 0.0911. The fourth-order valence-electron chi connectivity index (χ4n) is 1.80. The molecule has 0 saturated heterocycles. The smallest absolute Gasteiger partial charge is 0.251 e. The molecule has 0 radical (unpaired) electrons. The summed E-state index contributed by atoms with van der Waals surface area (Å²) in [7, 11) is 1.59. The monoisotopic (exact) mass is 307 g/mol. The normalized spacial score (nSPS) is 11.4. The highest BCUT2D eigenvalue weighted by Crippen LogP contribution is 2.28. The van der Waals surface area contributed by atoms with Gasteiger partial charge in [-0.2, -0.15) is 0 Å². The topological polar surface area (TPSA) is 47.6 Å². The molecular weight excluding hydrogens is 278 g/mol. The van der Waals surface area contributed by atoms with Crippen LogP contribution in [0, 0.1) is 5.92 Å². The number of benzene rings is 1. The van der Waals surface area contributed by atoms with Gasteiger partial charge in [-0.15, -0.1) is 0 Å². The van der Waals surface area contributed by atoms with E-state index in [1.165, 1.54) is 0 Å². The van der Waals surface area contributed by atoms with Gasteiger partial charge in [-0.3, -0.25) is 4.79 Å². The van der Waals surface area contributed by atoms with Crippen molar-refractivity contribution in [2.45, 2.75) is 53.0 Å². The van der Waals surface area contributed by atoms with Crippen LogP contribution in [0.3, 0.4) is 0 Å². The fourth-order valence-corrected chi connectivity index (χ4v) is 1.80. The number of rotatable bonds is 8. The third-order valence-electron chi connectivity index (χ3n) is 3.71. The van der Waals surface area contributed by atoms with E-state index in [1.807, 2.05) is 20.8 Å². The lowest BCUT2D eigenvalue weighted by Gasteiger charge is -2.24. The highest BCUT2D eigenvalue weighted by Gasteiger charge is 2.19. The fraction of sp³-hybridized carbons (Fsp3) is 0.611. The van der Waals surface area contributed by atoms with Crippen molar-refractivity contribution in [3.8, 4) is 11.5 Å². The zero-order valence-electron chi connectivity index (χ0n) is 14.7. The second-order valence-corrected chi connectivity index (χ2v) is 6.59. The van der Waals surface area contributed by atoms with Gasteiger partial charge in [0.2, 0.25) is 0 Å². The molecule has 0 aromatic heterocycles. The van der Waals surface area contributed by atoms with Crippen molar-refractivity contribution in [2.75, 3.05) is 13.7 Å². The summed E-state index contributed by atoms with van der Waals surface area (Å²) in [6.07, 6.45) is 1.85. The molecule has 0 bridgehead atoms. The van der Waals surface area contributed by atoms with Crippen LogP contribution < -0.4 is 14.8 Å². The van der Waals surface area contributed by atoms with Gasteiger partial charge in [-0.1, -0.05) is 20.8 Å². The van der Waals surface area contributed by atoms with E-state index < -0.39 is 0 Å². The first kappa shape index (κ1) is 18.3. The molecule has 0 heterocycles. The number of hydrogen-bond acceptors (Lipinski definition) is 3. The molecule has 0 aliphatic heterocycles. The molecule has 0 atom stereocenters. The zero-order chi connectivity index (χ0) is 16.8. The lowest BCUT2D eigenvalue weighted by Crippen LogP contribution is -2.42. The van der Waals surface area contributed by atoms with Gasteiger partial charge in [-0.05, 0) is 50.8 Å². The summed E-state index contributed by atoms with van der Waals surface area (Å²) in [6, 6.07) is 5.30. The van der Waals surface area contributed by atoms with Crippen molar-refractivity contribution in [1.29, 1.82) is 0 Å². The second kappa shape index (κ2) is 8.06. The lowest BCUT2D eigenvalue weighted by atomic mass is 10.0. The third kappa shape index (κ3) is 5.58. The Labute approximate surface area is 134 Å². The summed E-state index contributed by atoms with van der Waals surface area (Å²) in [5.74, 6) is 1.76. The SMILES string of the molecule is CCC(C)(C)NC(=O)c1ccc(OCCC(C)C)c(OC)c1. The van der Waals surface area contributed by atoms with Crippen LogP contribution in [0.25, 0.3) is 0 Å². The van der Waals surface area contributed by atoms with Gasteiger partial charge in [0.05, 0.1) is 13.7 Å². The van der Waals surface area contributed by atoms with Crippen LogP contribution in [0.5, 0.6) is 11.5 Å². The molecule has 22 heavy (non-hydrogen) atoms. The number of nitrogens with one attached hydrogen (secondary N) is 1. The van der Waals surface area contributed by atoms with Gasteiger partial charge < -0.3 is 14.8 Å². The minimum atomic E-state index is -0.225. The number of amides is 1. The van der Waals surface area contributed by atoms with E-state index in [-0.39, 0.29) is 11.4 Å². The van der Waals surface area contributed by atoms with Crippen molar-refractivity contribution in [3.05, 3.63) is 23.8 Å². The molecule has 0 aliphatic rings. The summed E-state index contributed by atoms with van der Waals surface area (Å²) in [6.45, 7) is 11.0. The molecule has 0 unspecified atom stereocenters. The standard InChI is InChI=1S/C18H29NO3/c1-7-18(4,5)19-17(20)14-8-9-15(16(12-14)21-6)22-11-10-13(2)3/h8-9,12-13H,7,10-11H2,1-6H3,(H,19,20). The highest BCUT2D eigenvalue weighted by molar-refractivity contribution is 5.95. The van der Waals surface area contributed by atoms with E-state index in [4.69, 9.17) is 9.47 Å². The summed E-state index contributed by atoms with van der Waals surface area (Å²) in [5, 5.41) is 3.02. The first-order valence-corrected chi connectivity index (χ1v) is 7.92. The van der Waals surface area contributed by atoms with Crippen LogP contribution in [-0.4, -0.2) is 25.2 Å². The number of carbonyl (C=O) groups is 1. The molecule has 124 valence electrons. The molecule has 1 rings (SSSR count). The molecule has 4 heteroatoms. The molecule has 4 nitrogen and oxygen atoms in total. The summed E-state index contributed by atoms with van der Waals surface area (Å²) >= 11 is 0. The Morgan fingerprint density at radius 1 is 1.27 bits per heavy atom.